The molecule has 1 fully saturated rings. The van der Waals surface area contributed by atoms with Gasteiger partial charge in [-0.15, -0.1) is 0 Å². The van der Waals surface area contributed by atoms with Gasteiger partial charge in [0.05, 0.1) is 17.5 Å². The summed E-state index contributed by atoms with van der Waals surface area (Å²) in [5.74, 6) is -0.756. The van der Waals surface area contributed by atoms with E-state index in [9.17, 15) is 22.8 Å². The number of hydrogen-bond acceptors (Lipinski definition) is 2. The first-order valence-corrected chi connectivity index (χ1v) is 7.92. The van der Waals surface area contributed by atoms with Crippen LogP contribution in [0.5, 0.6) is 0 Å². The van der Waals surface area contributed by atoms with Crippen LogP contribution in [0.4, 0.5) is 13.2 Å². The molecule has 0 spiro atoms. The quantitative estimate of drug-likeness (QED) is 0.884. The highest BCUT2D eigenvalue weighted by Gasteiger charge is 2.32. The van der Waals surface area contributed by atoms with Crippen LogP contribution >= 0.6 is 0 Å². The van der Waals surface area contributed by atoms with Crippen LogP contribution in [0, 0.1) is 11.8 Å². The summed E-state index contributed by atoms with van der Waals surface area (Å²) in [7, 11) is 0. The van der Waals surface area contributed by atoms with Crippen molar-refractivity contribution in [2.45, 2.75) is 38.9 Å². The SMILES string of the molecule is CC(C)[C@@H](NC(=O)[C@H]1CCC(=O)NC1)c1cccc(C(F)(F)F)c1. The van der Waals surface area contributed by atoms with Gasteiger partial charge in [0, 0.05) is 13.0 Å². The fourth-order valence-electron chi connectivity index (χ4n) is 2.77. The summed E-state index contributed by atoms with van der Waals surface area (Å²) >= 11 is 0. The lowest BCUT2D eigenvalue weighted by Crippen LogP contribution is -2.44. The Hall–Kier alpha value is -2.05. The van der Waals surface area contributed by atoms with Gasteiger partial charge in [0.2, 0.25) is 11.8 Å². The summed E-state index contributed by atoms with van der Waals surface area (Å²) in [6.45, 7) is 3.94. The van der Waals surface area contributed by atoms with Crippen LogP contribution in [-0.4, -0.2) is 18.4 Å². The fraction of sp³-hybridized carbons (Fsp3) is 0.529. The average Bonchev–Trinajstić information content (AvgIpc) is 2.52. The van der Waals surface area contributed by atoms with Gasteiger partial charge in [-0.1, -0.05) is 26.0 Å². The summed E-state index contributed by atoms with van der Waals surface area (Å²) in [5, 5.41) is 5.47. The van der Waals surface area contributed by atoms with Crippen molar-refractivity contribution in [3.05, 3.63) is 35.4 Å². The Bertz CT molecular complexity index is 604. The van der Waals surface area contributed by atoms with Crippen molar-refractivity contribution < 1.29 is 22.8 Å². The van der Waals surface area contributed by atoms with Crippen LogP contribution in [0.15, 0.2) is 24.3 Å². The molecule has 2 rings (SSSR count). The number of rotatable bonds is 4. The van der Waals surface area contributed by atoms with Gasteiger partial charge in [0.15, 0.2) is 0 Å². The van der Waals surface area contributed by atoms with Crippen LogP contribution < -0.4 is 10.6 Å². The first kappa shape index (κ1) is 18.3. The van der Waals surface area contributed by atoms with Gasteiger partial charge in [-0.05, 0) is 30.0 Å². The maximum Gasteiger partial charge on any atom is 0.416 e. The number of carbonyl (C=O) groups is 2. The van der Waals surface area contributed by atoms with Gasteiger partial charge in [-0.25, -0.2) is 0 Å². The molecule has 2 N–H and O–H groups in total. The smallest absolute Gasteiger partial charge is 0.355 e. The molecule has 132 valence electrons. The van der Waals surface area contributed by atoms with Crippen molar-refractivity contribution in [3.63, 3.8) is 0 Å². The van der Waals surface area contributed by atoms with E-state index in [4.69, 9.17) is 0 Å². The van der Waals surface area contributed by atoms with Crippen molar-refractivity contribution in [1.82, 2.24) is 10.6 Å². The molecule has 1 aromatic rings. The Morgan fingerprint density at radius 1 is 1.33 bits per heavy atom. The Labute approximate surface area is 138 Å². The maximum absolute atomic E-state index is 12.9. The monoisotopic (exact) mass is 342 g/mol. The largest absolute Gasteiger partial charge is 0.416 e. The Kier molecular flexibility index (Phi) is 5.51. The number of carbonyl (C=O) groups excluding carboxylic acids is 2. The highest BCUT2D eigenvalue weighted by molar-refractivity contribution is 5.84. The summed E-state index contributed by atoms with van der Waals surface area (Å²) in [4.78, 5) is 23.6. The van der Waals surface area contributed by atoms with E-state index in [1.54, 1.807) is 6.07 Å². The summed E-state index contributed by atoms with van der Waals surface area (Å²) in [6.07, 6.45) is -3.69. The zero-order chi connectivity index (χ0) is 17.9. The van der Waals surface area contributed by atoms with E-state index >= 15 is 0 Å². The summed E-state index contributed by atoms with van der Waals surface area (Å²) in [5.41, 5.74) is -0.308. The van der Waals surface area contributed by atoms with E-state index in [0.717, 1.165) is 12.1 Å². The molecule has 2 atom stereocenters. The van der Waals surface area contributed by atoms with Crippen molar-refractivity contribution in [1.29, 1.82) is 0 Å². The molecule has 0 radical (unpaired) electrons. The zero-order valence-corrected chi connectivity index (χ0v) is 13.6. The van der Waals surface area contributed by atoms with Gasteiger partial charge in [0.1, 0.15) is 0 Å². The van der Waals surface area contributed by atoms with Crippen LogP contribution in [0.2, 0.25) is 0 Å². The molecular formula is C17H21F3N2O2. The van der Waals surface area contributed by atoms with E-state index in [-0.39, 0.29) is 36.6 Å². The highest BCUT2D eigenvalue weighted by atomic mass is 19.4. The summed E-state index contributed by atoms with van der Waals surface area (Å²) < 4.78 is 38.7. The van der Waals surface area contributed by atoms with Crippen LogP contribution in [0.3, 0.4) is 0 Å². The van der Waals surface area contributed by atoms with E-state index in [1.807, 2.05) is 13.8 Å². The fourth-order valence-corrected chi connectivity index (χ4v) is 2.77. The predicted molar refractivity (Wildman–Crippen MR) is 82.9 cm³/mol. The van der Waals surface area contributed by atoms with Crippen LogP contribution in [0.25, 0.3) is 0 Å². The van der Waals surface area contributed by atoms with Crippen molar-refractivity contribution >= 4 is 11.8 Å². The third kappa shape index (κ3) is 4.49. The highest BCUT2D eigenvalue weighted by Crippen LogP contribution is 2.32. The second kappa shape index (κ2) is 7.23. The zero-order valence-electron chi connectivity index (χ0n) is 13.6. The minimum absolute atomic E-state index is 0.0735. The number of amides is 2. The van der Waals surface area contributed by atoms with E-state index in [2.05, 4.69) is 10.6 Å². The number of halogens is 3. The van der Waals surface area contributed by atoms with Gasteiger partial charge in [-0.3, -0.25) is 9.59 Å². The number of benzene rings is 1. The Morgan fingerprint density at radius 3 is 2.58 bits per heavy atom. The number of piperidine rings is 1. The molecule has 0 unspecified atom stereocenters. The molecule has 4 nitrogen and oxygen atoms in total. The molecule has 0 aliphatic carbocycles. The van der Waals surface area contributed by atoms with Crippen molar-refractivity contribution in [3.8, 4) is 0 Å². The van der Waals surface area contributed by atoms with Gasteiger partial charge >= 0.3 is 6.18 Å². The molecule has 1 saturated heterocycles. The first-order chi connectivity index (χ1) is 11.2. The van der Waals surface area contributed by atoms with Gasteiger partial charge in [-0.2, -0.15) is 13.2 Å². The molecule has 1 heterocycles. The van der Waals surface area contributed by atoms with Crippen LogP contribution in [0.1, 0.15) is 43.9 Å². The number of nitrogens with one attached hydrogen (secondary N) is 2. The Morgan fingerprint density at radius 2 is 2.04 bits per heavy atom. The standard InChI is InChI=1S/C17H21F3N2O2/c1-10(2)15(11-4-3-5-13(8-11)17(18,19)20)22-16(24)12-6-7-14(23)21-9-12/h3-5,8,10,12,15H,6-7,9H2,1-2H3,(H,21,23)(H,22,24)/t12-,15+/m0/s1. The predicted octanol–water partition coefficient (Wildman–Crippen LogP) is 3.04. The Balaban J connectivity index is 2.15. The third-order valence-corrected chi connectivity index (χ3v) is 4.17. The molecule has 1 aromatic carbocycles. The molecular weight excluding hydrogens is 321 g/mol. The lowest BCUT2D eigenvalue weighted by molar-refractivity contribution is -0.137. The number of alkyl halides is 3. The molecule has 24 heavy (non-hydrogen) atoms. The lowest BCUT2D eigenvalue weighted by atomic mass is 9.92. The molecule has 2 amide bonds. The van der Waals surface area contributed by atoms with E-state index in [1.165, 1.54) is 6.07 Å². The van der Waals surface area contributed by atoms with Crippen molar-refractivity contribution in [2.75, 3.05) is 6.54 Å². The lowest BCUT2D eigenvalue weighted by Gasteiger charge is -2.28. The average molecular weight is 342 g/mol. The topological polar surface area (TPSA) is 58.2 Å². The molecule has 1 aliphatic heterocycles. The van der Waals surface area contributed by atoms with Crippen LogP contribution in [-0.2, 0) is 15.8 Å². The molecule has 7 heteroatoms. The van der Waals surface area contributed by atoms with Gasteiger partial charge < -0.3 is 10.6 Å². The molecule has 0 saturated carbocycles. The third-order valence-electron chi connectivity index (χ3n) is 4.17. The minimum Gasteiger partial charge on any atom is -0.355 e. The first-order valence-electron chi connectivity index (χ1n) is 7.92. The summed E-state index contributed by atoms with van der Waals surface area (Å²) in [6, 6.07) is 4.51. The number of hydrogen-bond donors (Lipinski definition) is 2. The van der Waals surface area contributed by atoms with Crippen molar-refractivity contribution in [2.24, 2.45) is 11.8 Å². The molecule has 1 aliphatic rings. The van der Waals surface area contributed by atoms with E-state index in [0.29, 0.717) is 12.0 Å². The second-order valence-electron chi connectivity index (χ2n) is 6.39. The van der Waals surface area contributed by atoms with Gasteiger partial charge in [0.25, 0.3) is 0 Å². The normalized spacial score (nSPS) is 19.8. The maximum atomic E-state index is 12.9. The molecule has 0 bridgehead atoms. The van der Waals surface area contributed by atoms with E-state index < -0.39 is 17.8 Å². The second-order valence-corrected chi connectivity index (χ2v) is 6.39. The minimum atomic E-state index is -4.42. The molecule has 0 aromatic heterocycles.